The zero-order chi connectivity index (χ0) is 17.3. The summed E-state index contributed by atoms with van der Waals surface area (Å²) in [5.74, 6) is 6.72. The van der Waals surface area contributed by atoms with E-state index in [1.54, 1.807) is 0 Å². The molecule has 25 heavy (non-hydrogen) atoms. The maximum absolute atomic E-state index is 11.9. The molecule has 4 nitrogen and oxygen atoms in total. The summed E-state index contributed by atoms with van der Waals surface area (Å²) in [6.45, 7) is 2.48. The lowest BCUT2D eigenvalue weighted by Gasteiger charge is -2.10. The number of rotatable bonds is 5. The third kappa shape index (κ3) is 5.66. The van der Waals surface area contributed by atoms with Crippen LogP contribution < -0.4 is 10.6 Å². The second kappa shape index (κ2) is 8.91. The SMILES string of the molecule is O=C(CNc1cccc(C#Cc2ccccc2)c1)NC[C@@H]1CCOC1. The van der Waals surface area contributed by atoms with Crippen LogP contribution in [0.15, 0.2) is 54.6 Å². The zero-order valence-corrected chi connectivity index (χ0v) is 14.1. The van der Waals surface area contributed by atoms with Crippen LogP contribution in [0.3, 0.4) is 0 Å². The van der Waals surface area contributed by atoms with E-state index >= 15 is 0 Å². The molecule has 1 fully saturated rings. The molecule has 0 aliphatic carbocycles. The number of benzene rings is 2. The molecule has 1 saturated heterocycles. The van der Waals surface area contributed by atoms with Crippen molar-refractivity contribution in [3.63, 3.8) is 0 Å². The van der Waals surface area contributed by atoms with Crippen molar-refractivity contribution in [2.75, 3.05) is 31.6 Å². The van der Waals surface area contributed by atoms with Gasteiger partial charge in [0.25, 0.3) is 0 Å². The van der Waals surface area contributed by atoms with Crippen LogP contribution in [0.4, 0.5) is 5.69 Å². The minimum absolute atomic E-state index is 0.00678. The normalized spacial score (nSPS) is 15.9. The Morgan fingerprint density at radius 1 is 1.08 bits per heavy atom. The van der Waals surface area contributed by atoms with Gasteiger partial charge in [-0.2, -0.15) is 0 Å². The molecule has 3 rings (SSSR count). The number of hydrogen-bond donors (Lipinski definition) is 2. The molecule has 1 heterocycles. The zero-order valence-electron chi connectivity index (χ0n) is 14.1. The fourth-order valence-electron chi connectivity index (χ4n) is 2.62. The highest BCUT2D eigenvalue weighted by atomic mass is 16.5. The van der Waals surface area contributed by atoms with Gasteiger partial charge in [-0.1, -0.05) is 36.1 Å². The van der Waals surface area contributed by atoms with Gasteiger partial charge in [-0.15, -0.1) is 0 Å². The topological polar surface area (TPSA) is 50.4 Å². The van der Waals surface area contributed by atoms with E-state index in [0.717, 1.165) is 36.4 Å². The molecule has 2 N–H and O–H groups in total. The van der Waals surface area contributed by atoms with Crippen LogP contribution in [0.25, 0.3) is 0 Å². The molecular weight excluding hydrogens is 312 g/mol. The number of anilines is 1. The first-order valence-electron chi connectivity index (χ1n) is 8.55. The summed E-state index contributed by atoms with van der Waals surface area (Å²) in [5.41, 5.74) is 2.78. The summed E-state index contributed by atoms with van der Waals surface area (Å²) < 4.78 is 5.31. The van der Waals surface area contributed by atoms with Gasteiger partial charge in [0.1, 0.15) is 0 Å². The van der Waals surface area contributed by atoms with Gasteiger partial charge >= 0.3 is 0 Å². The van der Waals surface area contributed by atoms with E-state index in [4.69, 9.17) is 4.74 Å². The van der Waals surface area contributed by atoms with Crippen LogP contribution in [-0.2, 0) is 9.53 Å². The number of carbonyl (C=O) groups is 1. The Bertz CT molecular complexity index is 756. The van der Waals surface area contributed by atoms with Gasteiger partial charge in [0.15, 0.2) is 0 Å². The summed E-state index contributed by atoms with van der Waals surface area (Å²) >= 11 is 0. The molecule has 1 atom stereocenters. The third-order valence-electron chi connectivity index (χ3n) is 4.05. The van der Waals surface area contributed by atoms with Crippen LogP contribution in [-0.4, -0.2) is 32.2 Å². The Hall–Kier alpha value is -2.77. The lowest BCUT2D eigenvalue weighted by Crippen LogP contribution is -2.33. The van der Waals surface area contributed by atoms with E-state index in [1.807, 2.05) is 54.6 Å². The molecule has 0 spiro atoms. The van der Waals surface area contributed by atoms with Crippen LogP contribution >= 0.6 is 0 Å². The van der Waals surface area contributed by atoms with Crippen molar-refractivity contribution in [1.29, 1.82) is 0 Å². The van der Waals surface area contributed by atoms with Crippen molar-refractivity contribution in [3.05, 3.63) is 65.7 Å². The van der Waals surface area contributed by atoms with Gasteiger partial charge in [-0.05, 0) is 36.8 Å². The van der Waals surface area contributed by atoms with Gasteiger partial charge < -0.3 is 15.4 Å². The van der Waals surface area contributed by atoms with Gasteiger partial charge in [-0.25, -0.2) is 0 Å². The largest absolute Gasteiger partial charge is 0.381 e. The van der Waals surface area contributed by atoms with Crippen molar-refractivity contribution in [2.24, 2.45) is 5.92 Å². The smallest absolute Gasteiger partial charge is 0.239 e. The maximum Gasteiger partial charge on any atom is 0.239 e. The molecular formula is C21H22N2O2. The third-order valence-corrected chi connectivity index (χ3v) is 4.05. The lowest BCUT2D eigenvalue weighted by molar-refractivity contribution is -0.119. The van der Waals surface area contributed by atoms with E-state index in [1.165, 1.54) is 0 Å². The van der Waals surface area contributed by atoms with Crippen LogP contribution in [0.2, 0.25) is 0 Å². The quantitative estimate of drug-likeness (QED) is 0.827. The Morgan fingerprint density at radius 3 is 2.68 bits per heavy atom. The minimum atomic E-state index is -0.00678. The van der Waals surface area contributed by atoms with E-state index in [0.29, 0.717) is 12.5 Å². The van der Waals surface area contributed by atoms with Crippen LogP contribution in [0.5, 0.6) is 0 Å². The summed E-state index contributed by atoms with van der Waals surface area (Å²) in [6, 6.07) is 17.7. The standard InChI is InChI=1S/C21H22N2O2/c24-21(23-14-19-11-12-25-16-19)15-22-20-8-4-7-18(13-20)10-9-17-5-2-1-3-6-17/h1-8,13,19,22H,11-12,14-16H2,(H,23,24)/t19-/m0/s1. The monoisotopic (exact) mass is 334 g/mol. The number of amides is 1. The molecule has 0 unspecified atom stereocenters. The second-order valence-electron chi connectivity index (χ2n) is 6.08. The van der Waals surface area contributed by atoms with E-state index in [-0.39, 0.29) is 12.5 Å². The first-order valence-corrected chi connectivity index (χ1v) is 8.55. The van der Waals surface area contributed by atoms with Gasteiger partial charge in [-0.3, -0.25) is 4.79 Å². The lowest BCUT2D eigenvalue weighted by atomic mass is 10.1. The number of nitrogens with one attached hydrogen (secondary N) is 2. The van der Waals surface area contributed by atoms with Gasteiger partial charge in [0.2, 0.25) is 5.91 Å². The summed E-state index contributed by atoms with van der Waals surface area (Å²) in [6.07, 6.45) is 1.02. The van der Waals surface area contributed by atoms with Crippen molar-refractivity contribution in [3.8, 4) is 11.8 Å². The van der Waals surface area contributed by atoms with Crippen LogP contribution in [0.1, 0.15) is 17.5 Å². The Labute approximate surface area is 148 Å². The maximum atomic E-state index is 11.9. The second-order valence-corrected chi connectivity index (χ2v) is 6.08. The van der Waals surface area contributed by atoms with E-state index < -0.39 is 0 Å². The Kier molecular flexibility index (Phi) is 6.08. The predicted molar refractivity (Wildman–Crippen MR) is 99.3 cm³/mol. The molecule has 1 amide bonds. The van der Waals surface area contributed by atoms with Gasteiger partial charge in [0, 0.05) is 35.9 Å². The number of ether oxygens (including phenoxy) is 1. The molecule has 1 aliphatic heterocycles. The highest BCUT2D eigenvalue weighted by Crippen LogP contribution is 2.11. The summed E-state index contributed by atoms with van der Waals surface area (Å²) in [5, 5.41) is 6.09. The van der Waals surface area contributed by atoms with E-state index in [9.17, 15) is 4.79 Å². The van der Waals surface area contributed by atoms with Crippen molar-refractivity contribution < 1.29 is 9.53 Å². The van der Waals surface area contributed by atoms with Crippen molar-refractivity contribution in [1.82, 2.24) is 5.32 Å². The Balaban J connectivity index is 1.49. The fraction of sp³-hybridized carbons (Fsp3) is 0.286. The highest BCUT2D eigenvalue weighted by Gasteiger charge is 2.16. The van der Waals surface area contributed by atoms with Crippen LogP contribution in [0, 0.1) is 17.8 Å². The summed E-state index contributed by atoms with van der Waals surface area (Å²) in [4.78, 5) is 11.9. The first kappa shape index (κ1) is 17.1. The molecule has 2 aromatic carbocycles. The Morgan fingerprint density at radius 2 is 1.88 bits per heavy atom. The number of carbonyl (C=O) groups excluding carboxylic acids is 1. The predicted octanol–water partition coefficient (Wildman–Crippen LogP) is 2.65. The molecule has 1 aliphatic rings. The molecule has 0 aromatic heterocycles. The minimum Gasteiger partial charge on any atom is -0.381 e. The molecule has 0 saturated carbocycles. The summed E-state index contributed by atoms with van der Waals surface area (Å²) in [7, 11) is 0. The number of hydrogen-bond acceptors (Lipinski definition) is 3. The molecule has 4 heteroatoms. The highest BCUT2D eigenvalue weighted by molar-refractivity contribution is 5.80. The van der Waals surface area contributed by atoms with Crippen molar-refractivity contribution in [2.45, 2.75) is 6.42 Å². The first-order chi connectivity index (χ1) is 12.3. The average molecular weight is 334 g/mol. The molecule has 128 valence electrons. The average Bonchev–Trinajstić information content (AvgIpc) is 3.18. The molecule has 2 aromatic rings. The van der Waals surface area contributed by atoms with E-state index in [2.05, 4.69) is 22.5 Å². The molecule has 0 radical (unpaired) electrons. The fourth-order valence-corrected chi connectivity index (χ4v) is 2.62. The molecule has 0 bridgehead atoms. The van der Waals surface area contributed by atoms with Crippen molar-refractivity contribution >= 4 is 11.6 Å². The van der Waals surface area contributed by atoms with Gasteiger partial charge in [0.05, 0.1) is 13.2 Å².